The molecule has 2 fully saturated rings. The first kappa shape index (κ1) is 16.6. The van der Waals surface area contributed by atoms with E-state index in [0.717, 1.165) is 43.9 Å². The lowest BCUT2D eigenvalue weighted by Gasteiger charge is -2.25. The van der Waals surface area contributed by atoms with E-state index in [0.29, 0.717) is 17.9 Å². The van der Waals surface area contributed by atoms with Gasteiger partial charge in [0.1, 0.15) is 17.2 Å². The van der Waals surface area contributed by atoms with Crippen molar-refractivity contribution in [2.75, 3.05) is 24.5 Å². The number of phenols is 1. The van der Waals surface area contributed by atoms with Crippen molar-refractivity contribution in [1.29, 1.82) is 0 Å². The van der Waals surface area contributed by atoms with Gasteiger partial charge in [0, 0.05) is 31.3 Å². The molecule has 0 saturated carbocycles. The lowest BCUT2D eigenvalue weighted by atomic mass is 9.95. The quantitative estimate of drug-likeness (QED) is 0.862. The molecule has 7 heteroatoms. The summed E-state index contributed by atoms with van der Waals surface area (Å²) in [6.45, 7) is 4.10. The second-order valence-corrected chi connectivity index (χ2v) is 6.97. The summed E-state index contributed by atoms with van der Waals surface area (Å²) in [5.74, 6) is 1.53. The lowest BCUT2D eigenvalue weighted by Crippen LogP contribution is -2.35. The Morgan fingerprint density at radius 1 is 1.23 bits per heavy atom. The summed E-state index contributed by atoms with van der Waals surface area (Å²) < 4.78 is 5.54. The Balaban J connectivity index is 1.60. The van der Waals surface area contributed by atoms with E-state index in [1.807, 2.05) is 25.1 Å². The Morgan fingerprint density at radius 2 is 2.08 bits per heavy atom. The first-order chi connectivity index (χ1) is 12.5. The van der Waals surface area contributed by atoms with Crippen LogP contribution in [-0.2, 0) is 4.74 Å². The molecular weight excluding hydrogens is 332 g/mol. The van der Waals surface area contributed by atoms with Crippen LogP contribution in [0.15, 0.2) is 30.3 Å². The maximum Gasteiger partial charge on any atom is 0.407 e. The molecule has 1 amide bonds. The van der Waals surface area contributed by atoms with Crippen LogP contribution < -0.4 is 10.2 Å². The predicted molar refractivity (Wildman–Crippen MR) is 97.1 cm³/mol. The minimum atomic E-state index is -0.394. The molecule has 0 bridgehead atoms. The number of amides is 1. The third-order valence-electron chi connectivity index (χ3n) is 5.07. The number of rotatable bonds is 2. The van der Waals surface area contributed by atoms with Crippen molar-refractivity contribution in [2.24, 2.45) is 0 Å². The minimum Gasteiger partial charge on any atom is -0.507 e. The first-order valence-corrected chi connectivity index (χ1v) is 8.91. The molecule has 1 spiro atoms. The Labute approximate surface area is 152 Å². The van der Waals surface area contributed by atoms with E-state index >= 15 is 0 Å². The molecule has 3 heterocycles. The van der Waals surface area contributed by atoms with Crippen LogP contribution in [-0.4, -0.2) is 46.4 Å². The molecule has 2 aliphatic heterocycles. The van der Waals surface area contributed by atoms with Gasteiger partial charge in [0.05, 0.1) is 12.1 Å². The Bertz CT molecular complexity index is 841. The average Bonchev–Trinajstić information content (AvgIpc) is 2.85. The second-order valence-electron chi connectivity index (χ2n) is 6.97. The van der Waals surface area contributed by atoms with Gasteiger partial charge < -0.3 is 20.1 Å². The fraction of sp³-hybridized carbons (Fsp3) is 0.421. The van der Waals surface area contributed by atoms with Crippen molar-refractivity contribution in [2.45, 2.75) is 31.8 Å². The fourth-order valence-electron chi connectivity index (χ4n) is 3.67. The highest BCUT2D eigenvalue weighted by molar-refractivity contribution is 5.70. The standard InChI is InChI=1S/C19H22N4O3/c1-13-11-16(22-17(21-13)14-5-2-3-6-15(14)24)23-9-4-7-19(8-10-23)12-20-18(25)26-19/h2-3,5-6,11,24H,4,7-10,12H2,1H3,(H,20,25). The number of nitrogens with zero attached hydrogens (tertiary/aromatic N) is 3. The molecule has 2 aromatic rings. The van der Waals surface area contributed by atoms with E-state index in [2.05, 4.69) is 15.2 Å². The number of anilines is 1. The van der Waals surface area contributed by atoms with Crippen molar-refractivity contribution in [3.05, 3.63) is 36.0 Å². The summed E-state index contributed by atoms with van der Waals surface area (Å²) in [4.78, 5) is 22.9. The number of benzene rings is 1. The summed E-state index contributed by atoms with van der Waals surface area (Å²) in [7, 11) is 0. The van der Waals surface area contributed by atoms with E-state index < -0.39 is 5.60 Å². The van der Waals surface area contributed by atoms with E-state index in [4.69, 9.17) is 9.72 Å². The van der Waals surface area contributed by atoms with E-state index in [1.165, 1.54) is 0 Å². The van der Waals surface area contributed by atoms with Gasteiger partial charge in [0.25, 0.3) is 0 Å². The molecule has 7 nitrogen and oxygen atoms in total. The molecule has 2 aliphatic rings. The van der Waals surface area contributed by atoms with Crippen LogP contribution in [0.5, 0.6) is 5.75 Å². The zero-order chi connectivity index (χ0) is 18.1. The molecule has 1 aromatic carbocycles. The lowest BCUT2D eigenvalue weighted by molar-refractivity contribution is 0.0473. The minimum absolute atomic E-state index is 0.169. The number of hydrogen-bond acceptors (Lipinski definition) is 6. The van der Waals surface area contributed by atoms with Gasteiger partial charge in [0.15, 0.2) is 5.82 Å². The SMILES string of the molecule is Cc1cc(N2CCCC3(CC2)CNC(=O)O3)nc(-c2ccccc2O)n1. The summed E-state index contributed by atoms with van der Waals surface area (Å²) in [5, 5.41) is 12.9. The number of nitrogens with one attached hydrogen (secondary N) is 1. The first-order valence-electron chi connectivity index (χ1n) is 8.91. The highest BCUT2D eigenvalue weighted by atomic mass is 16.6. The zero-order valence-corrected chi connectivity index (χ0v) is 14.7. The van der Waals surface area contributed by atoms with Gasteiger partial charge in [-0.15, -0.1) is 0 Å². The van der Waals surface area contributed by atoms with Crippen LogP contribution in [0.2, 0.25) is 0 Å². The molecule has 136 valence electrons. The number of carbonyl (C=O) groups excluding carboxylic acids is 1. The van der Waals surface area contributed by atoms with Gasteiger partial charge in [-0.1, -0.05) is 12.1 Å². The number of aromatic nitrogens is 2. The summed E-state index contributed by atoms with van der Waals surface area (Å²) >= 11 is 0. The summed E-state index contributed by atoms with van der Waals surface area (Å²) in [5.41, 5.74) is 1.08. The number of carbonyl (C=O) groups is 1. The van der Waals surface area contributed by atoms with Crippen LogP contribution in [0.3, 0.4) is 0 Å². The molecule has 2 saturated heterocycles. The zero-order valence-electron chi connectivity index (χ0n) is 14.7. The largest absolute Gasteiger partial charge is 0.507 e. The average molecular weight is 354 g/mol. The topological polar surface area (TPSA) is 87.6 Å². The predicted octanol–water partition coefficient (Wildman–Crippen LogP) is 2.63. The number of phenolic OH excluding ortho intramolecular Hbond substituents is 1. The number of ether oxygens (including phenoxy) is 1. The number of aryl methyl sites for hydroxylation is 1. The van der Waals surface area contributed by atoms with Crippen molar-refractivity contribution < 1.29 is 14.6 Å². The smallest absolute Gasteiger partial charge is 0.407 e. The normalized spacial score (nSPS) is 22.8. The van der Waals surface area contributed by atoms with Gasteiger partial charge in [-0.3, -0.25) is 0 Å². The van der Waals surface area contributed by atoms with E-state index in [1.54, 1.807) is 12.1 Å². The molecule has 2 N–H and O–H groups in total. The molecular formula is C19H22N4O3. The summed E-state index contributed by atoms with van der Waals surface area (Å²) in [6.07, 6.45) is 2.21. The Kier molecular flexibility index (Phi) is 4.14. The molecule has 0 aliphatic carbocycles. The molecule has 0 radical (unpaired) electrons. The molecule has 26 heavy (non-hydrogen) atoms. The maximum absolute atomic E-state index is 11.5. The van der Waals surface area contributed by atoms with Crippen LogP contribution in [0.4, 0.5) is 10.6 Å². The maximum atomic E-state index is 11.5. The van der Waals surface area contributed by atoms with Crippen LogP contribution in [0.1, 0.15) is 25.0 Å². The Hall–Kier alpha value is -2.83. The van der Waals surface area contributed by atoms with Crippen molar-refractivity contribution in [3.63, 3.8) is 0 Å². The number of para-hydroxylation sites is 1. The number of hydrogen-bond donors (Lipinski definition) is 2. The highest BCUT2D eigenvalue weighted by Gasteiger charge is 2.41. The van der Waals surface area contributed by atoms with Gasteiger partial charge in [0.2, 0.25) is 0 Å². The van der Waals surface area contributed by atoms with E-state index in [9.17, 15) is 9.90 Å². The van der Waals surface area contributed by atoms with Crippen molar-refractivity contribution >= 4 is 11.9 Å². The number of aromatic hydroxyl groups is 1. The van der Waals surface area contributed by atoms with Gasteiger partial charge in [-0.25, -0.2) is 14.8 Å². The van der Waals surface area contributed by atoms with Gasteiger partial charge in [-0.05, 0) is 31.9 Å². The fourth-order valence-corrected chi connectivity index (χ4v) is 3.67. The monoisotopic (exact) mass is 354 g/mol. The van der Waals surface area contributed by atoms with Crippen LogP contribution >= 0.6 is 0 Å². The third kappa shape index (κ3) is 3.16. The molecule has 1 aromatic heterocycles. The third-order valence-corrected chi connectivity index (χ3v) is 5.07. The van der Waals surface area contributed by atoms with Crippen LogP contribution in [0.25, 0.3) is 11.4 Å². The second kappa shape index (κ2) is 6.48. The molecule has 1 unspecified atom stereocenters. The molecule has 1 atom stereocenters. The molecule has 4 rings (SSSR count). The Morgan fingerprint density at radius 3 is 2.85 bits per heavy atom. The highest BCUT2D eigenvalue weighted by Crippen LogP contribution is 2.32. The van der Waals surface area contributed by atoms with Crippen molar-refractivity contribution in [1.82, 2.24) is 15.3 Å². The van der Waals surface area contributed by atoms with Gasteiger partial charge >= 0.3 is 6.09 Å². The van der Waals surface area contributed by atoms with E-state index in [-0.39, 0.29) is 11.8 Å². The van der Waals surface area contributed by atoms with Gasteiger partial charge in [-0.2, -0.15) is 0 Å². The number of alkyl carbamates (subject to hydrolysis) is 1. The summed E-state index contributed by atoms with van der Waals surface area (Å²) in [6, 6.07) is 9.05. The van der Waals surface area contributed by atoms with Crippen LogP contribution in [0, 0.1) is 6.92 Å². The van der Waals surface area contributed by atoms with Crippen molar-refractivity contribution in [3.8, 4) is 17.1 Å².